The van der Waals surface area contributed by atoms with Crippen molar-refractivity contribution in [2.75, 3.05) is 32.1 Å². The maximum atomic E-state index is 12.0. The number of hydrogen-bond acceptors (Lipinski definition) is 3. The van der Waals surface area contributed by atoms with E-state index in [-0.39, 0.29) is 11.9 Å². The molecule has 1 amide bonds. The van der Waals surface area contributed by atoms with E-state index in [2.05, 4.69) is 10.3 Å². The van der Waals surface area contributed by atoms with Crippen molar-refractivity contribution in [2.24, 2.45) is 10.7 Å². The van der Waals surface area contributed by atoms with E-state index in [1.54, 1.807) is 25.3 Å². The molecule has 0 aliphatic carbocycles. The number of rotatable bonds is 5. The van der Waals surface area contributed by atoms with Crippen molar-refractivity contribution < 1.29 is 9.53 Å². The third kappa shape index (κ3) is 5.32. The Morgan fingerprint density at radius 2 is 2.13 bits per heavy atom. The molecule has 23 heavy (non-hydrogen) atoms. The third-order valence-electron chi connectivity index (χ3n) is 3.74. The Morgan fingerprint density at radius 3 is 2.78 bits per heavy atom. The molecule has 0 radical (unpaired) electrons. The lowest BCUT2D eigenvalue weighted by atomic mass is 10.1. The number of likely N-dealkylation sites (tertiary alicyclic amines) is 1. The Balaban J connectivity index is 1.80. The minimum absolute atomic E-state index is 0.147. The number of piperidine rings is 1. The van der Waals surface area contributed by atoms with Crippen LogP contribution in [0.3, 0.4) is 0 Å². The Hall–Kier alpha value is -1.95. The van der Waals surface area contributed by atoms with Crippen molar-refractivity contribution in [2.45, 2.75) is 25.7 Å². The number of methoxy groups -OCH3 is 1. The summed E-state index contributed by atoms with van der Waals surface area (Å²) in [6.07, 6.45) is 3.78. The van der Waals surface area contributed by atoms with E-state index in [4.69, 9.17) is 22.1 Å². The zero-order chi connectivity index (χ0) is 16.7. The number of aliphatic imine (C=N–C) groups is 1. The number of amides is 1. The van der Waals surface area contributed by atoms with E-state index in [1.807, 2.05) is 4.90 Å². The minimum atomic E-state index is 0.147. The molecule has 0 atom stereocenters. The Morgan fingerprint density at radius 1 is 1.39 bits per heavy atom. The topological polar surface area (TPSA) is 80.0 Å². The summed E-state index contributed by atoms with van der Waals surface area (Å²) in [4.78, 5) is 18.1. The summed E-state index contributed by atoms with van der Waals surface area (Å²) < 4.78 is 5.09. The number of nitrogens with one attached hydrogen (secondary N) is 1. The number of hydrogen-bond donors (Lipinski definition) is 2. The van der Waals surface area contributed by atoms with Gasteiger partial charge in [0.25, 0.3) is 0 Å². The Bertz CT molecular complexity index is 571. The number of nitrogens with zero attached hydrogens (tertiary/aromatic N) is 2. The highest BCUT2D eigenvalue weighted by Gasteiger charge is 2.15. The number of guanidine groups is 1. The lowest BCUT2D eigenvalue weighted by Crippen LogP contribution is -2.36. The van der Waals surface area contributed by atoms with Gasteiger partial charge < -0.3 is 20.7 Å². The van der Waals surface area contributed by atoms with Crippen LogP contribution in [0.4, 0.5) is 5.69 Å². The summed E-state index contributed by atoms with van der Waals surface area (Å²) in [5.41, 5.74) is 6.55. The average Bonchev–Trinajstić information content (AvgIpc) is 2.55. The summed E-state index contributed by atoms with van der Waals surface area (Å²) in [6, 6.07) is 5.26. The molecule has 7 heteroatoms. The molecule has 126 valence electrons. The van der Waals surface area contributed by atoms with Gasteiger partial charge in [-0.2, -0.15) is 0 Å². The van der Waals surface area contributed by atoms with E-state index in [0.717, 1.165) is 31.6 Å². The molecule has 3 N–H and O–H groups in total. The summed E-state index contributed by atoms with van der Waals surface area (Å²) >= 11 is 6.05. The number of benzene rings is 1. The Kier molecular flexibility index (Phi) is 6.52. The molecule has 1 aliphatic heterocycles. The van der Waals surface area contributed by atoms with Gasteiger partial charge in [-0.25, -0.2) is 0 Å². The van der Waals surface area contributed by atoms with Gasteiger partial charge >= 0.3 is 0 Å². The summed E-state index contributed by atoms with van der Waals surface area (Å²) in [7, 11) is 1.56. The van der Waals surface area contributed by atoms with Crippen LogP contribution in [0.1, 0.15) is 25.7 Å². The van der Waals surface area contributed by atoms with Crippen LogP contribution >= 0.6 is 11.6 Å². The van der Waals surface area contributed by atoms with Crippen LogP contribution in [0.2, 0.25) is 5.02 Å². The number of halogens is 1. The number of anilines is 1. The highest BCUT2D eigenvalue weighted by Crippen LogP contribution is 2.27. The monoisotopic (exact) mass is 338 g/mol. The molecular formula is C16H23ClN4O2. The first-order valence-corrected chi connectivity index (χ1v) is 8.16. The molecule has 6 nitrogen and oxygen atoms in total. The SMILES string of the molecule is COc1ccc(NC(N)=NCCC(=O)N2CCCCC2)cc1Cl. The Labute approximate surface area is 141 Å². The van der Waals surface area contributed by atoms with Crippen LogP contribution in [0, 0.1) is 0 Å². The van der Waals surface area contributed by atoms with Gasteiger partial charge in [0.2, 0.25) is 5.91 Å². The molecule has 1 heterocycles. The molecule has 1 saturated heterocycles. The lowest BCUT2D eigenvalue weighted by Gasteiger charge is -2.26. The van der Waals surface area contributed by atoms with E-state index >= 15 is 0 Å². The van der Waals surface area contributed by atoms with Crippen LogP contribution in [0.5, 0.6) is 5.75 Å². The summed E-state index contributed by atoms with van der Waals surface area (Å²) in [5.74, 6) is 1.01. The number of carbonyl (C=O) groups is 1. The van der Waals surface area contributed by atoms with Crippen molar-refractivity contribution in [3.05, 3.63) is 23.2 Å². The maximum absolute atomic E-state index is 12.0. The van der Waals surface area contributed by atoms with Crippen LogP contribution in [-0.4, -0.2) is 43.5 Å². The van der Waals surface area contributed by atoms with Crippen LogP contribution < -0.4 is 15.8 Å². The van der Waals surface area contributed by atoms with Crippen LogP contribution in [0.25, 0.3) is 0 Å². The number of carbonyl (C=O) groups excluding carboxylic acids is 1. The molecule has 0 unspecified atom stereocenters. The summed E-state index contributed by atoms with van der Waals surface area (Å²) in [6.45, 7) is 2.10. The molecule has 0 aromatic heterocycles. The molecule has 1 aromatic carbocycles. The third-order valence-corrected chi connectivity index (χ3v) is 4.04. The zero-order valence-corrected chi connectivity index (χ0v) is 14.1. The molecular weight excluding hydrogens is 316 g/mol. The van der Waals surface area contributed by atoms with E-state index in [1.165, 1.54) is 6.42 Å². The first kappa shape index (κ1) is 17.4. The standard InChI is InChI=1S/C16H23ClN4O2/c1-23-14-6-5-12(11-13(14)17)20-16(18)19-8-7-15(22)21-9-3-2-4-10-21/h5-6,11H,2-4,7-10H2,1H3,(H3,18,19,20). The molecule has 1 aliphatic rings. The number of nitrogens with two attached hydrogens (primary N) is 1. The van der Waals surface area contributed by atoms with Gasteiger partial charge in [0.05, 0.1) is 18.7 Å². The predicted molar refractivity (Wildman–Crippen MR) is 93.2 cm³/mol. The quantitative estimate of drug-likeness (QED) is 0.638. The fourth-order valence-corrected chi connectivity index (χ4v) is 2.76. The molecule has 1 fully saturated rings. The van der Waals surface area contributed by atoms with Crippen molar-refractivity contribution >= 4 is 29.2 Å². The number of ether oxygens (including phenoxy) is 1. The van der Waals surface area contributed by atoms with E-state index in [0.29, 0.717) is 23.7 Å². The molecule has 0 bridgehead atoms. The normalized spacial score (nSPS) is 15.4. The van der Waals surface area contributed by atoms with Crippen molar-refractivity contribution in [1.82, 2.24) is 4.90 Å². The second kappa shape index (κ2) is 8.62. The second-order valence-electron chi connectivity index (χ2n) is 5.43. The van der Waals surface area contributed by atoms with Gasteiger partial charge in [0.1, 0.15) is 5.75 Å². The van der Waals surface area contributed by atoms with Crippen molar-refractivity contribution in [1.29, 1.82) is 0 Å². The first-order valence-electron chi connectivity index (χ1n) is 7.78. The maximum Gasteiger partial charge on any atom is 0.224 e. The highest BCUT2D eigenvalue weighted by atomic mass is 35.5. The second-order valence-corrected chi connectivity index (χ2v) is 5.84. The fraction of sp³-hybridized carbons (Fsp3) is 0.500. The molecule has 0 saturated carbocycles. The van der Waals surface area contributed by atoms with Gasteiger partial charge in [0.15, 0.2) is 5.96 Å². The van der Waals surface area contributed by atoms with Crippen molar-refractivity contribution in [3.63, 3.8) is 0 Å². The van der Waals surface area contributed by atoms with Gasteiger partial charge in [0, 0.05) is 25.2 Å². The zero-order valence-electron chi connectivity index (χ0n) is 13.3. The van der Waals surface area contributed by atoms with E-state index in [9.17, 15) is 4.79 Å². The lowest BCUT2D eigenvalue weighted by molar-refractivity contribution is -0.131. The predicted octanol–water partition coefficient (Wildman–Crippen LogP) is 2.48. The van der Waals surface area contributed by atoms with E-state index < -0.39 is 0 Å². The van der Waals surface area contributed by atoms with Crippen LogP contribution in [0.15, 0.2) is 23.2 Å². The minimum Gasteiger partial charge on any atom is -0.495 e. The molecule has 2 rings (SSSR count). The highest BCUT2D eigenvalue weighted by molar-refractivity contribution is 6.32. The largest absolute Gasteiger partial charge is 0.495 e. The van der Waals surface area contributed by atoms with Gasteiger partial charge in [-0.15, -0.1) is 0 Å². The molecule has 0 spiro atoms. The smallest absolute Gasteiger partial charge is 0.224 e. The van der Waals surface area contributed by atoms with Crippen LogP contribution in [-0.2, 0) is 4.79 Å². The van der Waals surface area contributed by atoms with Gasteiger partial charge in [-0.1, -0.05) is 11.6 Å². The molecule has 1 aromatic rings. The van der Waals surface area contributed by atoms with Gasteiger partial charge in [-0.3, -0.25) is 9.79 Å². The van der Waals surface area contributed by atoms with Gasteiger partial charge in [-0.05, 0) is 37.5 Å². The first-order chi connectivity index (χ1) is 11.1. The summed E-state index contributed by atoms with van der Waals surface area (Å²) in [5, 5.41) is 3.44. The fourth-order valence-electron chi connectivity index (χ4n) is 2.50. The average molecular weight is 339 g/mol. The van der Waals surface area contributed by atoms with Crippen molar-refractivity contribution in [3.8, 4) is 5.75 Å².